The van der Waals surface area contributed by atoms with Crippen LogP contribution in [0.5, 0.6) is 0 Å². The van der Waals surface area contributed by atoms with Crippen molar-refractivity contribution in [1.29, 1.82) is 0 Å². The fourth-order valence-electron chi connectivity index (χ4n) is 3.33. The third-order valence-corrected chi connectivity index (χ3v) is 5.99. The van der Waals surface area contributed by atoms with Crippen LogP contribution in [0.1, 0.15) is 48.4 Å². The molecule has 25 heavy (non-hydrogen) atoms. The first kappa shape index (κ1) is 16.2. The third-order valence-electron chi connectivity index (χ3n) is 4.89. The number of anilines is 1. The zero-order valence-electron chi connectivity index (χ0n) is 14.5. The van der Waals surface area contributed by atoms with Gasteiger partial charge in [0.2, 0.25) is 5.91 Å². The number of thiazole rings is 1. The smallest absolute Gasteiger partial charge is 0.256 e. The van der Waals surface area contributed by atoms with Gasteiger partial charge in [0.25, 0.3) is 5.91 Å². The van der Waals surface area contributed by atoms with E-state index in [0.29, 0.717) is 23.2 Å². The van der Waals surface area contributed by atoms with E-state index in [9.17, 15) is 9.59 Å². The van der Waals surface area contributed by atoms with Crippen molar-refractivity contribution in [3.63, 3.8) is 0 Å². The van der Waals surface area contributed by atoms with E-state index in [1.54, 1.807) is 0 Å². The Morgan fingerprint density at radius 2 is 2.12 bits per heavy atom. The Morgan fingerprint density at radius 3 is 2.80 bits per heavy atom. The highest BCUT2D eigenvalue weighted by molar-refractivity contribution is 7.19. The predicted molar refractivity (Wildman–Crippen MR) is 96.4 cm³/mol. The van der Waals surface area contributed by atoms with E-state index in [0.717, 1.165) is 22.0 Å². The summed E-state index contributed by atoms with van der Waals surface area (Å²) >= 11 is 1.41. The molecule has 0 aromatic carbocycles. The summed E-state index contributed by atoms with van der Waals surface area (Å²) in [6.45, 7) is 6.08. The first-order valence-electron chi connectivity index (χ1n) is 8.50. The van der Waals surface area contributed by atoms with Crippen molar-refractivity contribution in [3.8, 4) is 10.6 Å². The minimum absolute atomic E-state index is 0.0911. The van der Waals surface area contributed by atoms with Gasteiger partial charge in [0, 0.05) is 13.0 Å². The van der Waals surface area contributed by atoms with Crippen LogP contribution in [0, 0.1) is 12.8 Å². The minimum Gasteiger partial charge on any atom is -0.330 e. The quantitative estimate of drug-likeness (QED) is 0.913. The third kappa shape index (κ3) is 2.93. The van der Waals surface area contributed by atoms with Crippen molar-refractivity contribution in [2.75, 3.05) is 5.32 Å². The van der Waals surface area contributed by atoms with E-state index in [2.05, 4.69) is 17.2 Å². The van der Waals surface area contributed by atoms with Gasteiger partial charge < -0.3 is 10.2 Å². The Bertz CT molecular complexity index is 872. The Hall–Kier alpha value is -2.28. The molecule has 4 rings (SSSR count). The average molecular weight is 356 g/mol. The number of pyridine rings is 1. The molecule has 1 atom stereocenters. The lowest BCUT2D eigenvalue weighted by Crippen LogP contribution is -2.34. The maximum Gasteiger partial charge on any atom is 0.256 e. The predicted octanol–water partition coefficient (Wildman–Crippen LogP) is 3.23. The van der Waals surface area contributed by atoms with Crippen LogP contribution in [0.15, 0.2) is 12.1 Å². The number of carbonyl (C=O) groups is 2. The largest absolute Gasteiger partial charge is 0.330 e. The van der Waals surface area contributed by atoms with Crippen molar-refractivity contribution in [3.05, 3.63) is 29.1 Å². The summed E-state index contributed by atoms with van der Waals surface area (Å²) in [6.07, 6.45) is 2.43. The van der Waals surface area contributed by atoms with Crippen LogP contribution in [-0.4, -0.2) is 32.7 Å². The number of rotatable bonds is 4. The average Bonchev–Trinajstić information content (AvgIpc) is 3.28. The highest BCUT2D eigenvalue weighted by Crippen LogP contribution is 2.39. The molecule has 1 fully saturated rings. The zero-order valence-corrected chi connectivity index (χ0v) is 15.3. The second-order valence-corrected chi connectivity index (χ2v) is 7.82. The van der Waals surface area contributed by atoms with E-state index in [-0.39, 0.29) is 17.9 Å². The summed E-state index contributed by atoms with van der Waals surface area (Å²) in [5.74, 6) is 0.590. The fraction of sp³-hybridized carbons (Fsp3) is 0.444. The molecule has 130 valence electrons. The fourth-order valence-corrected chi connectivity index (χ4v) is 4.31. The van der Waals surface area contributed by atoms with Gasteiger partial charge in [-0.05, 0) is 44.7 Å². The molecule has 0 saturated heterocycles. The number of carbonyl (C=O) groups excluding carboxylic acids is 2. The Balaban J connectivity index is 1.63. The Labute approximate surface area is 150 Å². The highest BCUT2D eigenvalue weighted by atomic mass is 32.1. The summed E-state index contributed by atoms with van der Waals surface area (Å²) in [6, 6.07) is 4.03. The van der Waals surface area contributed by atoms with Crippen molar-refractivity contribution in [2.24, 2.45) is 5.92 Å². The molecule has 0 spiro atoms. The summed E-state index contributed by atoms with van der Waals surface area (Å²) < 4.78 is 0. The van der Waals surface area contributed by atoms with Crippen LogP contribution in [0.3, 0.4) is 0 Å². The van der Waals surface area contributed by atoms with Gasteiger partial charge in [-0.2, -0.15) is 0 Å². The first-order valence-corrected chi connectivity index (χ1v) is 9.32. The molecule has 2 amide bonds. The lowest BCUT2D eigenvalue weighted by Gasteiger charge is -2.23. The number of aromatic nitrogens is 2. The monoisotopic (exact) mass is 356 g/mol. The number of hydrogen-bond donors (Lipinski definition) is 1. The molecule has 1 saturated carbocycles. The molecule has 0 radical (unpaired) electrons. The normalized spacial score (nSPS) is 17.6. The maximum atomic E-state index is 12.6. The van der Waals surface area contributed by atoms with Gasteiger partial charge in [-0.1, -0.05) is 11.3 Å². The van der Waals surface area contributed by atoms with Crippen molar-refractivity contribution < 1.29 is 9.59 Å². The molecule has 2 aliphatic rings. The van der Waals surface area contributed by atoms with Gasteiger partial charge in [-0.15, -0.1) is 0 Å². The molecule has 6 nitrogen and oxygen atoms in total. The lowest BCUT2D eigenvalue weighted by molar-refractivity contribution is -0.114. The molecule has 2 aromatic heterocycles. The topological polar surface area (TPSA) is 75.2 Å². The van der Waals surface area contributed by atoms with E-state index in [1.165, 1.54) is 31.1 Å². The number of fused-ring (bicyclic) bond motifs is 1. The molecule has 1 aliphatic heterocycles. The second kappa shape index (κ2) is 5.91. The number of nitrogens with one attached hydrogen (secondary N) is 1. The summed E-state index contributed by atoms with van der Waals surface area (Å²) in [5.41, 5.74) is 3.18. The summed E-state index contributed by atoms with van der Waals surface area (Å²) in [4.78, 5) is 35.8. The molecule has 1 aliphatic carbocycles. The molecule has 1 N–H and O–H groups in total. The van der Waals surface area contributed by atoms with Crippen LogP contribution >= 0.6 is 11.3 Å². The Kier molecular flexibility index (Phi) is 3.83. The highest BCUT2D eigenvalue weighted by Gasteiger charge is 2.39. The summed E-state index contributed by atoms with van der Waals surface area (Å²) in [5, 5.41) is 3.29. The van der Waals surface area contributed by atoms with Crippen LogP contribution in [0.25, 0.3) is 10.6 Å². The van der Waals surface area contributed by atoms with Crippen LogP contribution < -0.4 is 5.32 Å². The van der Waals surface area contributed by atoms with E-state index in [1.807, 2.05) is 24.0 Å². The molecule has 2 aromatic rings. The van der Waals surface area contributed by atoms with Crippen molar-refractivity contribution in [2.45, 2.75) is 46.2 Å². The van der Waals surface area contributed by atoms with Gasteiger partial charge in [0.15, 0.2) is 5.13 Å². The van der Waals surface area contributed by atoms with Crippen molar-refractivity contribution in [1.82, 2.24) is 14.9 Å². The van der Waals surface area contributed by atoms with E-state index < -0.39 is 0 Å². The lowest BCUT2D eigenvalue weighted by atomic mass is 10.1. The molecule has 0 bridgehead atoms. The molecule has 3 heterocycles. The minimum atomic E-state index is -0.141. The van der Waals surface area contributed by atoms with Crippen molar-refractivity contribution >= 4 is 28.3 Å². The zero-order chi connectivity index (χ0) is 17.7. The number of aryl methyl sites for hydroxylation is 1. The number of amides is 2. The van der Waals surface area contributed by atoms with Crippen LogP contribution in [0.4, 0.5) is 5.13 Å². The molecular formula is C18H20N4O2S. The Morgan fingerprint density at radius 1 is 1.36 bits per heavy atom. The molecule has 7 heteroatoms. The van der Waals surface area contributed by atoms with Crippen LogP contribution in [0.2, 0.25) is 0 Å². The molecular weight excluding hydrogens is 336 g/mol. The van der Waals surface area contributed by atoms with E-state index >= 15 is 0 Å². The van der Waals surface area contributed by atoms with E-state index in [4.69, 9.17) is 4.98 Å². The SMILES string of the molecule is CC(=O)Nc1nc(C)c(-c2ccc3c(n2)CN(C(C)C2CC2)C3=O)s1. The number of hydrogen-bond acceptors (Lipinski definition) is 5. The van der Waals surface area contributed by atoms with Gasteiger partial charge >= 0.3 is 0 Å². The first-order chi connectivity index (χ1) is 11.9. The maximum absolute atomic E-state index is 12.6. The van der Waals surface area contributed by atoms with Gasteiger partial charge in [0.1, 0.15) is 0 Å². The molecule has 1 unspecified atom stereocenters. The van der Waals surface area contributed by atoms with Crippen LogP contribution in [-0.2, 0) is 11.3 Å². The van der Waals surface area contributed by atoms with Gasteiger partial charge in [-0.3, -0.25) is 9.59 Å². The second-order valence-electron chi connectivity index (χ2n) is 6.82. The van der Waals surface area contributed by atoms with Gasteiger partial charge in [-0.25, -0.2) is 9.97 Å². The number of nitrogens with zero attached hydrogens (tertiary/aromatic N) is 3. The summed E-state index contributed by atoms with van der Waals surface area (Å²) in [7, 11) is 0. The standard InChI is InChI=1S/C18H20N4O2S/c1-9-16(25-18(19-9)20-11(3)23)14-7-6-13-15(21-14)8-22(17(13)24)10(2)12-4-5-12/h6-7,10,12H,4-5,8H2,1-3H3,(H,19,20,23). The van der Waals surface area contributed by atoms with Gasteiger partial charge in [0.05, 0.1) is 34.1 Å².